The first-order valence-electron chi connectivity index (χ1n) is 8.38. The lowest BCUT2D eigenvalue weighted by Crippen LogP contribution is -2.28. The summed E-state index contributed by atoms with van der Waals surface area (Å²) in [4.78, 5) is 10.2. The van der Waals surface area contributed by atoms with E-state index >= 15 is 0 Å². The number of aromatic hydroxyl groups is 1. The fourth-order valence-corrected chi connectivity index (χ4v) is 3.54. The van der Waals surface area contributed by atoms with E-state index in [1.54, 1.807) is 29.7 Å². The van der Waals surface area contributed by atoms with Gasteiger partial charge in [0.1, 0.15) is 11.6 Å². The summed E-state index contributed by atoms with van der Waals surface area (Å²) in [6, 6.07) is 6.96. The van der Waals surface area contributed by atoms with Gasteiger partial charge in [0.25, 0.3) is 0 Å². The molecule has 5 nitrogen and oxygen atoms in total. The number of nitrogens with one attached hydrogen (secondary N) is 1. The smallest absolute Gasteiger partial charge is 0.165 e. The van der Waals surface area contributed by atoms with Gasteiger partial charge in [-0.05, 0) is 48.6 Å². The van der Waals surface area contributed by atoms with Crippen LogP contribution in [0.2, 0.25) is 5.02 Å². The molecule has 0 aliphatic heterocycles. The number of thiophene rings is 1. The van der Waals surface area contributed by atoms with Gasteiger partial charge in [0.15, 0.2) is 5.82 Å². The first-order valence-corrected chi connectivity index (χ1v) is 9.64. The summed E-state index contributed by atoms with van der Waals surface area (Å²) in [6.07, 6.45) is 2.64. The van der Waals surface area contributed by atoms with E-state index in [2.05, 4.69) is 33.7 Å². The Kier molecular flexibility index (Phi) is 5.76. The number of aryl methyl sites for hydroxylation is 1. The maximum atomic E-state index is 10.1. The summed E-state index contributed by atoms with van der Waals surface area (Å²) in [5, 5.41) is 16.1. The van der Waals surface area contributed by atoms with Crippen LogP contribution in [0, 0.1) is 6.92 Å². The molecule has 0 radical (unpaired) electrons. The zero-order chi connectivity index (χ0) is 18.7. The fourth-order valence-electron chi connectivity index (χ4n) is 2.46. The number of phenolic OH excluding ortho intramolecular Hbond substituents is 1. The van der Waals surface area contributed by atoms with Gasteiger partial charge in [-0.25, -0.2) is 9.97 Å². The molecule has 2 heterocycles. The Bertz CT molecular complexity index is 912. The number of phenols is 1. The van der Waals surface area contributed by atoms with Crippen LogP contribution in [0.25, 0.3) is 21.8 Å². The van der Waals surface area contributed by atoms with Crippen LogP contribution in [-0.4, -0.2) is 27.7 Å². The van der Waals surface area contributed by atoms with Crippen LogP contribution in [0.1, 0.15) is 18.9 Å². The SMILES string of the molecule is CC[C@H](N)CNc1nc(-c2cc(Cl)ccc2O)ncc1-c1cc(C)cs1. The Balaban J connectivity index is 2.04. The van der Waals surface area contributed by atoms with Crippen LogP contribution in [0.4, 0.5) is 5.82 Å². The minimum atomic E-state index is 0.0332. The lowest BCUT2D eigenvalue weighted by molar-refractivity contribution is 0.477. The standard InChI is InChI=1S/C19H21ClN4OS/c1-3-13(21)8-22-19-15(17-6-11(2)10-26-17)9-23-18(24-19)14-7-12(20)4-5-16(14)25/h4-7,9-10,13,25H,3,8,21H2,1-2H3,(H,22,23,24)/t13-/m0/s1. The lowest BCUT2D eigenvalue weighted by Gasteiger charge is -2.15. The maximum Gasteiger partial charge on any atom is 0.165 e. The molecule has 0 fully saturated rings. The summed E-state index contributed by atoms with van der Waals surface area (Å²) in [5.41, 5.74) is 8.65. The second-order valence-corrected chi connectivity index (χ2v) is 7.50. The molecule has 1 aromatic carbocycles. The number of aromatic nitrogens is 2. The largest absolute Gasteiger partial charge is 0.507 e. The number of anilines is 1. The van der Waals surface area contributed by atoms with E-state index in [4.69, 9.17) is 17.3 Å². The zero-order valence-corrected chi connectivity index (χ0v) is 16.2. The van der Waals surface area contributed by atoms with Crippen LogP contribution in [-0.2, 0) is 0 Å². The van der Waals surface area contributed by atoms with Crippen molar-refractivity contribution in [3.63, 3.8) is 0 Å². The predicted molar refractivity (Wildman–Crippen MR) is 109 cm³/mol. The van der Waals surface area contributed by atoms with Crippen molar-refractivity contribution in [2.24, 2.45) is 5.73 Å². The van der Waals surface area contributed by atoms with E-state index in [1.807, 2.05) is 6.92 Å². The third kappa shape index (κ3) is 4.15. The average molecular weight is 389 g/mol. The van der Waals surface area contributed by atoms with E-state index in [-0.39, 0.29) is 11.8 Å². The van der Waals surface area contributed by atoms with Crippen molar-refractivity contribution in [3.05, 3.63) is 46.4 Å². The van der Waals surface area contributed by atoms with Gasteiger partial charge in [0.2, 0.25) is 0 Å². The van der Waals surface area contributed by atoms with Crippen molar-refractivity contribution in [2.75, 3.05) is 11.9 Å². The van der Waals surface area contributed by atoms with Crippen molar-refractivity contribution in [2.45, 2.75) is 26.3 Å². The molecule has 136 valence electrons. The first kappa shape index (κ1) is 18.6. The summed E-state index contributed by atoms with van der Waals surface area (Å²) < 4.78 is 0. The quantitative estimate of drug-likeness (QED) is 0.570. The maximum absolute atomic E-state index is 10.1. The highest BCUT2D eigenvalue weighted by atomic mass is 35.5. The van der Waals surface area contributed by atoms with Gasteiger partial charge >= 0.3 is 0 Å². The summed E-state index contributed by atoms with van der Waals surface area (Å²) in [5.74, 6) is 1.19. The molecule has 0 saturated carbocycles. The first-order chi connectivity index (χ1) is 12.5. The number of nitrogens with two attached hydrogens (primary N) is 1. The van der Waals surface area contributed by atoms with Gasteiger partial charge < -0.3 is 16.2 Å². The summed E-state index contributed by atoms with van der Waals surface area (Å²) in [7, 11) is 0. The van der Waals surface area contributed by atoms with Crippen molar-refractivity contribution in [3.8, 4) is 27.6 Å². The molecule has 26 heavy (non-hydrogen) atoms. The van der Waals surface area contributed by atoms with Gasteiger partial charge in [0.05, 0.1) is 11.1 Å². The van der Waals surface area contributed by atoms with E-state index in [9.17, 15) is 5.11 Å². The molecular formula is C19H21ClN4OS. The minimum Gasteiger partial charge on any atom is -0.507 e. The molecule has 4 N–H and O–H groups in total. The Hall–Kier alpha value is -2.15. The van der Waals surface area contributed by atoms with Gasteiger partial charge in [-0.15, -0.1) is 11.3 Å². The molecule has 7 heteroatoms. The van der Waals surface area contributed by atoms with Crippen molar-refractivity contribution in [1.82, 2.24) is 9.97 Å². The number of nitrogens with zero attached hydrogens (tertiary/aromatic N) is 2. The van der Waals surface area contributed by atoms with E-state index in [1.165, 1.54) is 11.6 Å². The molecule has 0 spiro atoms. The summed E-state index contributed by atoms with van der Waals surface area (Å²) >= 11 is 7.70. The van der Waals surface area contributed by atoms with Gasteiger partial charge in [-0.1, -0.05) is 18.5 Å². The van der Waals surface area contributed by atoms with Crippen LogP contribution < -0.4 is 11.1 Å². The van der Waals surface area contributed by atoms with Gasteiger partial charge in [0, 0.05) is 28.7 Å². The highest BCUT2D eigenvalue weighted by Gasteiger charge is 2.15. The average Bonchev–Trinajstić information content (AvgIpc) is 3.07. The third-order valence-electron chi connectivity index (χ3n) is 4.04. The molecule has 0 unspecified atom stereocenters. The molecule has 0 bridgehead atoms. The van der Waals surface area contributed by atoms with E-state index in [0.717, 1.165) is 16.9 Å². The van der Waals surface area contributed by atoms with E-state index in [0.29, 0.717) is 28.8 Å². The molecule has 0 aliphatic rings. The highest BCUT2D eigenvalue weighted by Crippen LogP contribution is 2.35. The Labute approximate surface area is 161 Å². The fraction of sp³-hybridized carbons (Fsp3) is 0.263. The Morgan fingerprint density at radius 2 is 2.12 bits per heavy atom. The highest BCUT2D eigenvalue weighted by molar-refractivity contribution is 7.13. The number of hydrogen-bond donors (Lipinski definition) is 3. The molecular weight excluding hydrogens is 368 g/mol. The van der Waals surface area contributed by atoms with Gasteiger partial charge in [-0.3, -0.25) is 0 Å². The van der Waals surface area contributed by atoms with E-state index < -0.39 is 0 Å². The lowest BCUT2D eigenvalue weighted by atomic mass is 10.1. The van der Waals surface area contributed by atoms with Crippen molar-refractivity contribution < 1.29 is 5.11 Å². The Morgan fingerprint density at radius 3 is 2.81 bits per heavy atom. The number of hydrogen-bond acceptors (Lipinski definition) is 6. The summed E-state index contributed by atoms with van der Waals surface area (Å²) in [6.45, 7) is 4.70. The van der Waals surface area contributed by atoms with Crippen molar-refractivity contribution in [1.29, 1.82) is 0 Å². The number of benzene rings is 1. The molecule has 3 rings (SSSR count). The number of rotatable bonds is 6. The molecule has 3 aromatic rings. The van der Waals surface area contributed by atoms with Crippen LogP contribution in [0.5, 0.6) is 5.75 Å². The zero-order valence-electron chi connectivity index (χ0n) is 14.7. The van der Waals surface area contributed by atoms with Gasteiger partial charge in [-0.2, -0.15) is 0 Å². The molecule has 0 aliphatic carbocycles. The second kappa shape index (κ2) is 8.03. The molecule has 0 saturated heterocycles. The monoisotopic (exact) mass is 388 g/mol. The topological polar surface area (TPSA) is 84.1 Å². The third-order valence-corrected chi connectivity index (χ3v) is 5.36. The minimum absolute atomic E-state index is 0.0332. The van der Waals surface area contributed by atoms with Crippen LogP contribution in [0.3, 0.4) is 0 Å². The second-order valence-electron chi connectivity index (χ2n) is 6.15. The van der Waals surface area contributed by atoms with Crippen molar-refractivity contribution >= 4 is 28.8 Å². The van der Waals surface area contributed by atoms with Crippen LogP contribution >= 0.6 is 22.9 Å². The predicted octanol–water partition coefficient (Wildman–Crippen LogP) is 4.69. The Morgan fingerprint density at radius 1 is 1.31 bits per heavy atom. The molecule has 1 atom stereocenters. The number of halogens is 1. The normalized spacial score (nSPS) is 12.2. The van der Waals surface area contributed by atoms with Crippen LogP contribution in [0.15, 0.2) is 35.8 Å². The molecule has 2 aromatic heterocycles. The molecule has 0 amide bonds.